The predicted molar refractivity (Wildman–Crippen MR) is 110 cm³/mol. The Kier molecular flexibility index (Phi) is 4.13. The van der Waals surface area contributed by atoms with Gasteiger partial charge in [0, 0.05) is 15.7 Å². The molecular weight excluding hydrogens is 354 g/mol. The molecule has 2 aliphatic heterocycles. The van der Waals surface area contributed by atoms with Gasteiger partial charge in [-0.1, -0.05) is 36.4 Å². The number of thioether (sulfide) groups is 1. The summed E-state index contributed by atoms with van der Waals surface area (Å²) in [6, 6.07) is 25.0. The van der Waals surface area contributed by atoms with Crippen LogP contribution in [0, 0.1) is 5.92 Å². The molecule has 2 atom stereocenters. The standard InChI is InChI=1S/C23H19NO2S/c1-25-16-12-10-15(11-13-16)23-18-14-26-20-8-4-2-6-17(20)22(18)24-19-7-3-5-9-21(19)27-23/h2-13,18,23H,14H2,1H3/t18-,23+/m1/s1. The molecule has 0 fully saturated rings. The molecule has 0 saturated heterocycles. The molecule has 3 nitrogen and oxygen atoms in total. The topological polar surface area (TPSA) is 30.8 Å². The van der Waals surface area contributed by atoms with E-state index in [-0.39, 0.29) is 11.2 Å². The van der Waals surface area contributed by atoms with Gasteiger partial charge in [0.2, 0.25) is 0 Å². The van der Waals surface area contributed by atoms with Crippen LogP contribution >= 0.6 is 11.8 Å². The van der Waals surface area contributed by atoms with Gasteiger partial charge in [0.15, 0.2) is 0 Å². The Morgan fingerprint density at radius 3 is 2.59 bits per heavy atom. The van der Waals surface area contributed by atoms with Crippen molar-refractivity contribution in [3.05, 3.63) is 83.9 Å². The fourth-order valence-corrected chi connectivity index (χ4v) is 5.06. The summed E-state index contributed by atoms with van der Waals surface area (Å²) in [5.41, 5.74) is 4.52. The smallest absolute Gasteiger partial charge is 0.128 e. The average molecular weight is 373 g/mol. The lowest BCUT2D eigenvalue weighted by Crippen LogP contribution is -2.31. The van der Waals surface area contributed by atoms with Crippen molar-refractivity contribution in [1.82, 2.24) is 0 Å². The maximum absolute atomic E-state index is 6.13. The van der Waals surface area contributed by atoms with Gasteiger partial charge in [-0.05, 0) is 42.0 Å². The lowest BCUT2D eigenvalue weighted by Gasteiger charge is -2.31. The van der Waals surface area contributed by atoms with Gasteiger partial charge in [-0.15, -0.1) is 11.8 Å². The van der Waals surface area contributed by atoms with Gasteiger partial charge < -0.3 is 9.47 Å². The molecule has 0 spiro atoms. The van der Waals surface area contributed by atoms with Crippen molar-refractivity contribution in [3.63, 3.8) is 0 Å². The highest BCUT2D eigenvalue weighted by Crippen LogP contribution is 2.50. The summed E-state index contributed by atoms with van der Waals surface area (Å²) in [5, 5.41) is 0.228. The minimum Gasteiger partial charge on any atom is -0.497 e. The van der Waals surface area contributed by atoms with Crippen molar-refractivity contribution in [2.75, 3.05) is 13.7 Å². The Morgan fingerprint density at radius 2 is 1.74 bits per heavy atom. The summed E-state index contributed by atoms with van der Waals surface area (Å²) in [6.45, 7) is 0.632. The number of aliphatic imine (C=N–C) groups is 1. The molecule has 0 aliphatic carbocycles. The summed E-state index contributed by atoms with van der Waals surface area (Å²) >= 11 is 1.87. The molecule has 0 bridgehead atoms. The molecule has 0 unspecified atom stereocenters. The highest BCUT2D eigenvalue weighted by molar-refractivity contribution is 7.99. The van der Waals surface area contributed by atoms with E-state index in [0.717, 1.165) is 28.5 Å². The van der Waals surface area contributed by atoms with Crippen LogP contribution in [0.25, 0.3) is 0 Å². The molecule has 27 heavy (non-hydrogen) atoms. The van der Waals surface area contributed by atoms with E-state index in [0.29, 0.717) is 6.61 Å². The number of rotatable bonds is 2. The van der Waals surface area contributed by atoms with Crippen LogP contribution in [0.4, 0.5) is 5.69 Å². The molecule has 0 radical (unpaired) electrons. The fourth-order valence-electron chi connectivity index (χ4n) is 3.73. The van der Waals surface area contributed by atoms with Crippen LogP contribution in [-0.4, -0.2) is 19.4 Å². The third-order valence-corrected chi connectivity index (χ3v) is 6.56. The molecule has 0 aromatic heterocycles. The first kappa shape index (κ1) is 16.5. The molecule has 2 aliphatic rings. The van der Waals surface area contributed by atoms with E-state index in [1.54, 1.807) is 7.11 Å². The van der Waals surface area contributed by atoms with Crippen molar-refractivity contribution < 1.29 is 9.47 Å². The molecule has 2 heterocycles. The number of ether oxygens (including phenoxy) is 2. The van der Waals surface area contributed by atoms with Gasteiger partial charge in [-0.2, -0.15) is 0 Å². The summed E-state index contributed by atoms with van der Waals surface area (Å²) < 4.78 is 11.5. The van der Waals surface area contributed by atoms with Crippen LogP contribution in [0.3, 0.4) is 0 Å². The summed E-state index contributed by atoms with van der Waals surface area (Å²) in [4.78, 5) is 6.31. The second-order valence-electron chi connectivity index (χ2n) is 6.69. The normalized spacial score (nSPS) is 20.3. The van der Waals surface area contributed by atoms with E-state index >= 15 is 0 Å². The number of methoxy groups -OCH3 is 1. The van der Waals surface area contributed by atoms with Crippen molar-refractivity contribution in [3.8, 4) is 11.5 Å². The molecule has 5 rings (SSSR count). The van der Waals surface area contributed by atoms with Crippen LogP contribution in [0.1, 0.15) is 16.4 Å². The molecule has 0 N–H and O–H groups in total. The average Bonchev–Trinajstić information content (AvgIpc) is 2.91. The Labute approximate surface area is 163 Å². The monoisotopic (exact) mass is 373 g/mol. The van der Waals surface area contributed by atoms with Crippen molar-refractivity contribution >= 4 is 23.2 Å². The van der Waals surface area contributed by atoms with Gasteiger partial charge in [-0.25, -0.2) is 0 Å². The van der Waals surface area contributed by atoms with Crippen LogP contribution in [-0.2, 0) is 0 Å². The Hall–Kier alpha value is -2.72. The third kappa shape index (κ3) is 2.90. The summed E-state index contributed by atoms with van der Waals surface area (Å²) in [7, 11) is 1.70. The first-order chi connectivity index (χ1) is 13.3. The third-order valence-electron chi connectivity index (χ3n) is 5.10. The van der Waals surface area contributed by atoms with E-state index in [4.69, 9.17) is 14.5 Å². The fraction of sp³-hybridized carbons (Fsp3) is 0.174. The van der Waals surface area contributed by atoms with Crippen LogP contribution in [0.2, 0.25) is 0 Å². The van der Waals surface area contributed by atoms with E-state index in [2.05, 4.69) is 48.5 Å². The maximum atomic E-state index is 6.13. The lowest BCUT2D eigenvalue weighted by molar-refractivity contribution is 0.271. The number of para-hydroxylation sites is 2. The molecule has 0 amide bonds. The van der Waals surface area contributed by atoms with Crippen molar-refractivity contribution in [2.24, 2.45) is 10.9 Å². The minimum absolute atomic E-state index is 0.186. The van der Waals surface area contributed by atoms with E-state index in [1.807, 2.05) is 36.0 Å². The minimum atomic E-state index is 0.186. The van der Waals surface area contributed by atoms with Gasteiger partial charge in [-0.3, -0.25) is 4.99 Å². The second-order valence-corrected chi connectivity index (χ2v) is 7.87. The summed E-state index contributed by atoms with van der Waals surface area (Å²) in [6.07, 6.45) is 0. The zero-order valence-corrected chi connectivity index (χ0v) is 15.8. The SMILES string of the molecule is COc1ccc([C@@H]2Sc3ccccc3N=C3c4ccccc4OC[C@H]32)cc1. The van der Waals surface area contributed by atoms with Gasteiger partial charge in [0.1, 0.15) is 11.5 Å². The molecule has 0 saturated carbocycles. The van der Waals surface area contributed by atoms with Crippen molar-refractivity contribution in [2.45, 2.75) is 10.1 Å². The molecule has 134 valence electrons. The molecule has 4 heteroatoms. The van der Waals surface area contributed by atoms with Crippen LogP contribution in [0.15, 0.2) is 82.7 Å². The molecule has 3 aromatic carbocycles. The largest absolute Gasteiger partial charge is 0.497 e. The number of benzene rings is 3. The first-order valence-corrected chi connectivity index (χ1v) is 9.92. The summed E-state index contributed by atoms with van der Waals surface area (Å²) in [5.74, 6) is 1.98. The van der Waals surface area contributed by atoms with E-state index in [9.17, 15) is 0 Å². The van der Waals surface area contributed by atoms with Gasteiger partial charge >= 0.3 is 0 Å². The number of hydrogen-bond donors (Lipinski definition) is 0. The Balaban J connectivity index is 1.66. The zero-order valence-electron chi connectivity index (χ0n) is 15.0. The highest BCUT2D eigenvalue weighted by Gasteiger charge is 2.37. The highest BCUT2D eigenvalue weighted by atomic mass is 32.2. The number of nitrogens with zero attached hydrogens (tertiary/aromatic N) is 1. The quantitative estimate of drug-likeness (QED) is 0.580. The Morgan fingerprint density at radius 1 is 0.963 bits per heavy atom. The predicted octanol–water partition coefficient (Wildman–Crippen LogP) is 5.67. The molecular formula is C23H19NO2S. The van der Waals surface area contributed by atoms with Gasteiger partial charge in [0.05, 0.1) is 31.0 Å². The zero-order chi connectivity index (χ0) is 18.2. The molecule has 3 aromatic rings. The first-order valence-electron chi connectivity index (χ1n) is 9.04. The number of hydrogen-bond acceptors (Lipinski definition) is 4. The van der Waals surface area contributed by atoms with Gasteiger partial charge in [0.25, 0.3) is 0 Å². The maximum Gasteiger partial charge on any atom is 0.128 e. The second kappa shape index (κ2) is 6.78. The van der Waals surface area contributed by atoms with Crippen LogP contribution < -0.4 is 9.47 Å². The van der Waals surface area contributed by atoms with Crippen LogP contribution in [0.5, 0.6) is 11.5 Å². The lowest BCUT2D eigenvalue weighted by atomic mass is 9.88. The Bertz CT molecular complexity index is 1010. The van der Waals surface area contributed by atoms with Crippen molar-refractivity contribution in [1.29, 1.82) is 0 Å². The number of fused-ring (bicyclic) bond motifs is 4. The van der Waals surface area contributed by atoms with E-state index < -0.39 is 0 Å². The van der Waals surface area contributed by atoms with E-state index in [1.165, 1.54) is 10.5 Å².